The van der Waals surface area contributed by atoms with Crippen molar-refractivity contribution >= 4 is 29.1 Å². The summed E-state index contributed by atoms with van der Waals surface area (Å²) in [6, 6.07) is 14.9. The van der Waals surface area contributed by atoms with Gasteiger partial charge in [0.25, 0.3) is 5.56 Å². The predicted molar refractivity (Wildman–Crippen MR) is 143 cm³/mol. The Bertz CT molecular complexity index is 1470. The van der Waals surface area contributed by atoms with Crippen LogP contribution in [0.1, 0.15) is 44.9 Å². The fourth-order valence-electron chi connectivity index (χ4n) is 4.49. The van der Waals surface area contributed by atoms with Crippen LogP contribution in [0.5, 0.6) is 5.75 Å². The average Bonchev–Trinajstić information content (AvgIpc) is 3.19. The van der Waals surface area contributed by atoms with Crippen LogP contribution in [0.25, 0.3) is 6.08 Å². The first kappa shape index (κ1) is 25.4. The number of esters is 1. The third kappa shape index (κ3) is 4.73. The number of rotatable bonds is 8. The number of benzene rings is 2. The molecule has 188 valence electrons. The summed E-state index contributed by atoms with van der Waals surface area (Å²) in [7, 11) is 1.63. The zero-order valence-electron chi connectivity index (χ0n) is 21.3. The van der Waals surface area contributed by atoms with Gasteiger partial charge < -0.3 is 14.4 Å². The van der Waals surface area contributed by atoms with Crippen molar-refractivity contribution in [3.63, 3.8) is 0 Å². The van der Waals surface area contributed by atoms with Gasteiger partial charge in [0.1, 0.15) is 5.75 Å². The second kappa shape index (κ2) is 11.0. The second-order valence-corrected chi connectivity index (χ2v) is 9.32. The standard InChI is InChI=1S/C28H31N3O4S/c1-6-30(7-2)21-15-14-20(22(17-21)34-5)16-23-26(32)31-25(19-12-10-9-11-13-19)24(27(33)35-8-3)18(4)29-28(31)36-23/h9-17,25H,6-8H2,1-5H3/b23-16-/t25-/m0/s1. The Morgan fingerprint density at radius 1 is 1.14 bits per heavy atom. The number of allylic oxidation sites excluding steroid dienone is 1. The van der Waals surface area contributed by atoms with Crippen molar-refractivity contribution in [2.45, 2.75) is 33.7 Å². The van der Waals surface area contributed by atoms with Crippen molar-refractivity contribution in [1.82, 2.24) is 4.57 Å². The smallest absolute Gasteiger partial charge is 0.338 e. The molecule has 0 unspecified atom stereocenters. The van der Waals surface area contributed by atoms with Crippen molar-refractivity contribution in [2.24, 2.45) is 4.99 Å². The highest BCUT2D eigenvalue weighted by Crippen LogP contribution is 2.31. The fourth-order valence-corrected chi connectivity index (χ4v) is 5.53. The van der Waals surface area contributed by atoms with E-state index in [1.807, 2.05) is 54.6 Å². The first-order valence-electron chi connectivity index (χ1n) is 12.1. The molecular formula is C28H31N3O4S. The number of ether oxygens (including phenoxy) is 2. The lowest BCUT2D eigenvalue weighted by Gasteiger charge is -2.24. The van der Waals surface area contributed by atoms with Crippen LogP contribution in [-0.4, -0.2) is 37.3 Å². The highest BCUT2D eigenvalue weighted by molar-refractivity contribution is 7.07. The number of hydrogen-bond acceptors (Lipinski definition) is 7. The van der Waals surface area contributed by atoms with Gasteiger partial charge in [-0.1, -0.05) is 41.7 Å². The zero-order chi connectivity index (χ0) is 25.8. The Labute approximate surface area is 214 Å². The number of thiazole rings is 1. The molecule has 36 heavy (non-hydrogen) atoms. The molecule has 7 nitrogen and oxygen atoms in total. The van der Waals surface area contributed by atoms with Crippen LogP contribution in [0.4, 0.5) is 5.69 Å². The van der Waals surface area contributed by atoms with Crippen LogP contribution in [0.15, 0.2) is 69.6 Å². The Morgan fingerprint density at radius 2 is 1.86 bits per heavy atom. The molecule has 1 aliphatic heterocycles. The largest absolute Gasteiger partial charge is 0.496 e. The lowest BCUT2D eigenvalue weighted by Crippen LogP contribution is -2.39. The minimum Gasteiger partial charge on any atom is -0.496 e. The summed E-state index contributed by atoms with van der Waals surface area (Å²) in [6.07, 6.45) is 1.83. The molecule has 1 aliphatic rings. The molecule has 1 atom stereocenters. The fraction of sp³-hybridized carbons (Fsp3) is 0.321. The van der Waals surface area contributed by atoms with Crippen molar-refractivity contribution in [1.29, 1.82) is 0 Å². The highest BCUT2D eigenvalue weighted by atomic mass is 32.1. The first-order valence-corrected chi connectivity index (χ1v) is 12.9. The summed E-state index contributed by atoms with van der Waals surface area (Å²) in [5.41, 5.74) is 3.41. The number of fused-ring (bicyclic) bond motifs is 1. The topological polar surface area (TPSA) is 73.1 Å². The Morgan fingerprint density at radius 3 is 2.50 bits per heavy atom. The lowest BCUT2D eigenvalue weighted by atomic mass is 9.96. The van der Waals surface area contributed by atoms with Gasteiger partial charge in [-0.25, -0.2) is 9.79 Å². The van der Waals surface area contributed by atoms with Gasteiger partial charge in [-0.3, -0.25) is 9.36 Å². The molecule has 2 aromatic carbocycles. The molecular weight excluding hydrogens is 474 g/mol. The van der Waals surface area contributed by atoms with E-state index in [0.717, 1.165) is 29.9 Å². The minimum absolute atomic E-state index is 0.211. The van der Waals surface area contributed by atoms with Crippen molar-refractivity contribution < 1.29 is 14.3 Å². The molecule has 3 aromatic rings. The molecule has 0 saturated carbocycles. The molecule has 0 bridgehead atoms. The van der Waals surface area contributed by atoms with Gasteiger partial charge in [0.05, 0.1) is 35.6 Å². The Balaban J connectivity index is 1.89. The summed E-state index contributed by atoms with van der Waals surface area (Å²) in [4.78, 5) is 34.1. The van der Waals surface area contributed by atoms with E-state index in [9.17, 15) is 9.59 Å². The number of carbonyl (C=O) groups is 1. The van der Waals surface area contributed by atoms with Gasteiger partial charge in [-0.05, 0) is 51.5 Å². The maximum Gasteiger partial charge on any atom is 0.338 e. The van der Waals surface area contributed by atoms with E-state index >= 15 is 0 Å². The molecule has 0 amide bonds. The maximum atomic E-state index is 13.8. The van der Waals surface area contributed by atoms with Gasteiger partial charge in [0.15, 0.2) is 4.80 Å². The first-order chi connectivity index (χ1) is 17.4. The van der Waals surface area contributed by atoms with Gasteiger partial charge in [-0.2, -0.15) is 0 Å². The zero-order valence-corrected chi connectivity index (χ0v) is 22.1. The summed E-state index contributed by atoms with van der Waals surface area (Å²) in [5.74, 6) is 0.226. The highest BCUT2D eigenvalue weighted by Gasteiger charge is 2.33. The predicted octanol–water partition coefficient (Wildman–Crippen LogP) is 3.65. The molecule has 0 fully saturated rings. The van der Waals surface area contributed by atoms with E-state index in [1.54, 1.807) is 25.5 Å². The van der Waals surface area contributed by atoms with E-state index in [1.165, 1.54) is 11.3 Å². The van der Waals surface area contributed by atoms with Gasteiger partial charge in [-0.15, -0.1) is 0 Å². The summed E-state index contributed by atoms with van der Waals surface area (Å²) >= 11 is 1.30. The molecule has 0 aliphatic carbocycles. The number of aromatic nitrogens is 1. The monoisotopic (exact) mass is 505 g/mol. The average molecular weight is 506 g/mol. The molecule has 4 rings (SSSR count). The van der Waals surface area contributed by atoms with Crippen LogP contribution in [0, 0.1) is 0 Å². The van der Waals surface area contributed by atoms with E-state index in [2.05, 4.69) is 23.7 Å². The molecule has 0 N–H and O–H groups in total. The lowest BCUT2D eigenvalue weighted by molar-refractivity contribution is -0.139. The van der Waals surface area contributed by atoms with Gasteiger partial charge >= 0.3 is 5.97 Å². The number of methoxy groups -OCH3 is 1. The van der Waals surface area contributed by atoms with Crippen LogP contribution >= 0.6 is 11.3 Å². The summed E-state index contributed by atoms with van der Waals surface area (Å²) < 4.78 is 13.1. The number of carbonyl (C=O) groups excluding carboxylic acids is 1. The van der Waals surface area contributed by atoms with E-state index in [0.29, 0.717) is 26.4 Å². The molecule has 0 saturated heterocycles. The van der Waals surface area contributed by atoms with E-state index in [4.69, 9.17) is 9.47 Å². The summed E-state index contributed by atoms with van der Waals surface area (Å²) in [5, 5.41) is 0. The van der Waals surface area contributed by atoms with Crippen LogP contribution in [0.2, 0.25) is 0 Å². The number of anilines is 1. The second-order valence-electron chi connectivity index (χ2n) is 8.31. The molecule has 0 radical (unpaired) electrons. The van der Waals surface area contributed by atoms with Crippen LogP contribution < -0.4 is 24.5 Å². The number of hydrogen-bond donors (Lipinski definition) is 0. The van der Waals surface area contributed by atoms with Crippen LogP contribution in [-0.2, 0) is 9.53 Å². The van der Waals surface area contributed by atoms with E-state index in [-0.39, 0.29) is 12.2 Å². The van der Waals surface area contributed by atoms with Crippen molar-refractivity contribution in [3.05, 3.63) is 90.6 Å². The minimum atomic E-state index is -0.615. The van der Waals surface area contributed by atoms with Crippen molar-refractivity contribution in [2.75, 3.05) is 31.7 Å². The molecule has 8 heteroatoms. The van der Waals surface area contributed by atoms with Gasteiger partial charge in [0.2, 0.25) is 0 Å². The van der Waals surface area contributed by atoms with E-state index < -0.39 is 12.0 Å². The number of nitrogens with zero attached hydrogens (tertiary/aromatic N) is 3. The van der Waals surface area contributed by atoms with Gasteiger partial charge in [0, 0.05) is 30.4 Å². The Hall–Kier alpha value is -3.65. The maximum absolute atomic E-state index is 13.8. The molecule has 2 heterocycles. The van der Waals surface area contributed by atoms with Crippen LogP contribution in [0.3, 0.4) is 0 Å². The Kier molecular flexibility index (Phi) is 7.74. The molecule has 1 aromatic heterocycles. The van der Waals surface area contributed by atoms with Crippen molar-refractivity contribution in [3.8, 4) is 5.75 Å². The third-order valence-corrected chi connectivity index (χ3v) is 7.25. The quantitative estimate of drug-likeness (QED) is 0.437. The SMILES string of the molecule is CCOC(=O)C1=C(C)N=c2s/c(=C\c3ccc(N(CC)CC)cc3OC)c(=O)n2[C@H]1c1ccccc1. The third-order valence-electron chi connectivity index (χ3n) is 6.26. The normalized spacial score (nSPS) is 15.4. The summed E-state index contributed by atoms with van der Waals surface area (Å²) in [6.45, 7) is 9.79. The molecule has 0 spiro atoms.